The second-order valence-electron chi connectivity index (χ2n) is 3.18. The van der Waals surface area contributed by atoms with E-state index in [-0.39, 0.29) is 0 Å². The first kappa shape index (κ1) is 9.96. The molecule has 0 N–H and O–H groups in total. The van der Waals surface area contributed by atoms with Crippen molar-refractivity contribution in [1.29, 1.82) is 0 Å². The van der Waals surface area contributed by atoms with Crippen LogP contribution in [0.15, 0.2) is 0 Å². The van der Waals surface area contributed by atoms with Crippen LogP contribution in [0, 0.1) is 11.8 Å². The highest BCUT2D eigenvalue weighted by atomic mass is 15.1. The SMILES string of the molecule is CC.CC1CN(C)C[C@@H]1C. The molecule has 2 atom stereocenters. The van der Waals surface area contributed by atoms with E-state index in [1.807, 2.05) is 13.8 Å². The summed E-state index contributed by atoms with van der Waals surface area (Å²) in [5.41, 5.74) is 0. The highest BCUT2D eigenvalue weighted by molar-refractivity contribution is 4.75. The van der Waals surface area contributed by atoms with E-state index in [1.165, 1.54) is 13.1 Å². The molecule has 0 spiro atoms. The first-order chi connectivity index (χ1) is 4.70. The smallest absolute Gasteiger partial charge is 0.000711 e. The van der Waals surface area contributed by atoms with Crippen LogP contribution in [0.1, 0.15) is 27.7 Å². The van der Waals surface area contributed by atoms with E-state index in [9.17, 15) is 0 Å². The molecule has 1 aliphatic rings. The molecule has 1 aliphatic heterocycles. The van der Waals surface area contributed by atoms with E-state index >= 15 is 0 Å². The maximum atomic E-state index is 2.40. The summed E-state index contributed by atoms with van der Waals surface area (Å²) in [5.74, 6) is 1.83. The van der Waals surface area contributed by atoms with Gasteiger partial charge in [0.05, 0.1) is 0 Å². The van der Waals surface area contributed by atoms with Gasteiger partial charge >= 0.3 is 0 Å². The average Bonchev–Trinajstić information content (AvgIpc) is 2.16. The molecular weight excluding hydrogens is 122 g/mol. The molecule has 0 bridgehead atoms. The summed E-state index contributed by atoms with van der Waals surface area (Å²) in [6.45, 7) is 11.2. The number of rotatable bonds is 0. The van der Waals surface area contributed by atoms with Gasteiger partial charge in [0, 0.05) is 13.1 Å². The second-order valence-corrected chi connectivity index (χ2v) is 3.18. The summed E-state index contributed by atoms with van der Waals surface area (Å²) < 4.78 is 0. The van der Waals surface area contributed by atoms with Crippen molar-refractivity contribution in [3.05, 3.63) is 0 Å². The van der Waals surface area contributed by atoms with E-state index in [4.69, 9.17) is 0 Å². The molecule has 0 aromatic carbocycles. The van der Waals surface area contributed by atoms with Crippen LogP contribution in [0.3, 0.4) is 0 Å². The van der Waals surface area contributed by atoms with Gasteiger partial charge in [-0.05, 0) is 18.9 Å². The quantitative estimate of drug-likeness (QED) is 0.502. The van der Waals surface area contributed by atoms with E-state index in [0.717, 1.165) is 11.8 Å². The Hall–Kier alpha value is -0.0400. The molecule has 0 aromatic heterocycles. The Labute approximate surface area is 65.4 Å². The van der Waals surface area contributed by atoms with Crippen molar-refractivity contribution >= 4 is 0 Å². The minimum atomic E-state index is 0.917. The highest BCUT2D eigenvalue weighted by Gasteiger charge is 2.22. The lowest BCUT2D eigenvalue weighted by Crippen LogP contribution is -2.13. The van der Waals surface area contributed by atoms with Crippen LogP contribution in [0.4, 0.5) is 0 Å². The van der Waals surface area contributed by atoms with Crippen LogP contribution >= 0.6 is 0 Å². The number of hydrogen-bond acceptors (Lipinski definition) is 1. The van der Waals surface area contributed by atoms with Crippen molar-refractivity contribution < 1.29 is 0 Å². The van der Waals surface area contributed by atoms with Crippen molar-refractivity contribution in [2.45, 2.75) is 27.7 Å². The van der Waals surface area contributed by atoms with E-state index in [2.05, 4.69) is 25.8 Å². The zero-order chi connectivity index (χ0) is 8.15. The Morgan fingerprint density at radius 3 is 1.40 bits per heavy atom. The Morgan fingerprint density at radius 1 is 1.00 bits per heavy atom. The van der Waals surface area contributed by atoms with E-state index in [0.29, 0.717) is 0 Å². The molecule has 10 heavy (non-hydrogen) atoms. The fraction of sp³-hybridized carbons (Fsp3) is 1.00. The second kappa shape index (κ2) is 4.73. The summed E-state index contributed by atoms with van der Waals surface area (Å²) in [4.78, 5) is 2.40. The molecule has 1 nitrogen and oxygen atoms in total. The van der Waals surface area contributed by atoms with Gasteiger partial charge in [-0.2, -0.15) is 0 Å². The van der Waals surface area contributed by atoms with E-state index in [1.54, 1.807) is 0 Å². The molecule has 0 saturated carbocycles. The van der Waals surface area contributed by atoms with Crippen molar-refractivity contribution in [3.63, 3.8) is 0 Å². The fourth-order valence-electron chi connectivity index (χ4n) is 1.42. The first-order valence-electron chi connectivity index (χ1n) is 4.38. The fourth-order valence-corrected chi connectivity index (χ4v) is 1.42. The van der Waals surface area contributed by atoms with Crippen molar-refractivity contribution in [2.24, 2.45) is 11.8 Å². The predicted molar refractivity (Wildman–Crippen MR) is 47.2 cm³/mol. The van der Waals surface area contributed by atoms with Gasteiger partial charge in [0.15, 0.2) is 0 Å². The molecule has 1 saturated heterocycles. The summed E-state index contributed by atoms with van der Waals surface area (Å²) in [6, 6.07) is 0. The van der Waals surface area contributed by atoms with Crippen LogP contribution in [0.25, 0.3) is 0 Å². The standard InChI is InChI=1S/C7H15N.C2H6/c1-6-4-8(3)5-7(6)2;1-2/h6-7H,4-5H2,1-3H3;1-2H3/t6-,7?;/m0./s1. The van der Waals surface area contributed by atoms with Gasteiger partial charge in [0.2, 0.25) is 0 Å². The van der Waals surface area contributed by atoms with Crippen molar-refractivity contribution in [3.8, 4) is 0 Å². The number of nitrogens with zero attached hydrogens (tertiary/aromatic N) is 1. The minimum Gasteiger partial charge on any atom is -0.306 e. The number of likely N-dealkylation sites (tertiary alicyclic amines) is 1. The van der Waals surface area contributed by atoms with Crippen LogP contribution in [-0.2, 0) is 0 Å². The topological polar surface area (TPSA) is 3.24 Å². The molecule has 1 unspecified atom stereocenters. The summed E-state index contributed by atoms with van der Waals surface area (Å²) in [6.07, 6.45) is 0. The molecule has 62 valence electrons. The normalized spacial score (nSPS) is 33.3. The molecule has 1 fully saturated rings. The van der Waals surface area contributed by atoms with Gasteiger partial charge in [-0.3, -0.25) is 0 Å². The van der Waals surface area contributed by atoms with Crippen LogP contribution in [0.2, 0.25) is 0 Å². The Morgan fingerprint density at radius 2 is 1.30 bits per heavy atom. The van der Waals surface area contributed by atoms with Gasteiger partial charge < -0.3 is 4.90 Å². The monoisotopic (exact) mass is 143 g/mol. The van der Waals surface area contributed by atoms with Gasteiger partial charge in [-0.1, -0.05) is 27.7 Å². The highest BCUT2D eigenvalue weighted by Crippen LogP contribution is 2.19. The predicted octanol–water partition coefficient (Wildman–Crippen LogP) is 2.23. The van der Waals surface area contributed by atoms with Gasteiger partial charge in [-0.25, -0.2) is 0 Å². The first-order valence-corrected chi connectivity index (χ1v) is 4.38. The third-order valence-corrected chi connectivity index (χ3v) is 2.17. The average molecular weight is 143 g/mol. The lowest BCUT2D eigenvalue weighted by molar-refractivity contribution is 0.398. The maximum absolute atomic E-state index is 2.40. The van der Waals surface area contributed by atoms with Crippen molar-refractivity contribution in [2.75, 3.05) is 20.1 Å². The van der Waals surface area contributed by atoms with Gasteiger partial charge in [-0.15, -0.1) is 0 Å². The molecule has 0 amide bonds. The van der Waals surface area contributed by atoms with Gasteiger partial charge in [0.25, 0.3) is 0 Å². The summed E-state index contributed by atoms with van der Waals surface area (Å²) in [7, 11) is 2.19. The van der Waals surface area contributed by atoms with Crippen LogP contribution < -0.4 is 0 Å². The lowest BCUT2D eigenvalue weighted by atomic mass is 10.0. The van der Waals surface area contributed by atoms with Crippen LogP contribution in [-0.4, -0.2) is 25.0 Å². The van der Waals surface area contributed by atoms with Gasteiger partial charge in [0.1, 0.15) is 0 Å². The molecule has 1 heteroatoms. The third kappa shape index (κ3) is 2.70. The zero-order valence-corrected chi connectivity index (χ0v) is 8.02. The maximum Gasteiger partial charge on any atom is 0.000711 e. The molecule has 1 rings (SSSR count). The largest absolute Gasteiger partial charge is 0.306 e. The summed E-state index contributed by atoms with van der Waals surface area (Å²) in [5, 5.41) is 0. The van der Waals surface area contributed by atoms with E-state index < -0.39 is 0 Å². The Balaban J connectivity index is 0.000000371. The lowest BCUT2D eigenvalue weighted by Gasteiger charge is -2.03. The number of hydrogen-bond donors (Lipinski definition) is 0. The zero-order valence-electron chi connectivity index (χ0n) is 8.02. The summed E-state index contributed by atoms with van der Waals surface area (Å²) >= 11 is 0. The molecule has 1 heterocycles. The van der Waals surface area contributed by atoms with Crippen molar-refractivity contribution in [1.82, 2.24) is 4.90 Å². The Kier molecular flexibility index (Phi) is 4.71. The molecule has 0 aliphatic carbocycles. The minimum absolute atomic E-state index is 0.917. The molecule has 0 radical (unpaired) electrons. The molecule has 0 aromatic rings. The third-order valence-electron chi connectivity index (χ3n) is 2.17. The van der Waals surface area contributed by atoms with Crippen LogP contribution in [0.5, 0.6) is 0 Å². The Bertz CT molecular complexity index is 70.8. The molecular formula is C9H21N.